The molecule has 0 unspecified atom stereocenters. The van der Waals surface area contributed by atoms with E-state index in [0.717, 1.165) is 30.9 Å². The third-order valence-corrected chi connectivity index (χ3v) is 11.3. The number of sulfonamides is 2. The van der Waals surface area contributed by atoms with Crippen molar-refractivity contribution in [2.45, 2.75) is 36.7 Å². The molecule has 0 saturated heterocycles. The van der Waals surface area contributed by atoms with E-state index in [1.807, 2.05) is 74.5 Å². The third-order valence-electron chi connectivity index (χ3n) is 7.02. The highest BCUT2D eigenvalue weighted by Gasteiger charge is 2.23. The smallest absolute Gasteiger partial charge is 0.219 e. The second-order valence-electron chi connectivity index (χ2n) is 10.8. The predicted molar refractivity (Wildman–Crippen MR) is 194 cm³/mol. The lowest BCUT2D eigenvalue weighted by Crippen LogP contribution is -2.26. The van der Waals surface area contributed by atoms with Gasteiger partial charge in [0.05, 0.1) is 32.6 Å². The van der Waals surface area contributed by atoms with E-state index in [2.05, 4.69) is 47.6 Å². The molecule has 9 heteroatoms. The molecular formula is C40H30N2O4S3. The maximum atomic E-state index is 13.4. The van der Waals surface area contributed by atoms with E-state index in [1.165, 1.54) is 11.3 Å². The molecule has 242 valence electrons. The van der Waals surface area contributed by atoms with Gasteiger partial charge in [0.2, 0.25) is 0 Å². The lowest BCUT2D eigenvalue weighted by atomic mass is 10.2. The Morgan fingerprint density at radius 2 is 0.857 bits per heavy atom. The van der Waals surface area contributed by atoms with Gasteiger partial charge in [0.1, 0.15) is 0 Å². The largest absolute Gasteiger partial charge is 0.271 e. The molecule has 1 aromatic heterocycles. The van der Waals surface area contributed by atoms with Gasteiger partial charge in [-0.3, -0.25) is 0 Å². The van der Waals surface area contributed by atoms with Gasteiger partial charge in [0.25, 0.3) is 20.0 Å². The summed E-state index contributed by atoms with van der Waals surface area (Å²) < 4.78 is 55.9. The molecule has 0 saturated carbocycles. The van der Waals surface area contributed by atoms with Crippen LogP contribution >= 0.6 is 11.3 Å². The molecule has 0 radical (unpaired) electrons. The van der Waals surface area contributed by atoms with Gasteiger partial charge >= 0.3 is 0 Å². The highest BCUT2D eigenvalue weighted by atomic mass is 32.2. The van der Waals surface area contributed by atoms with Crippen LogP contribution in [0.1, 0.15) is 32.0 Å². The summed E-state index contributed by atoms with van der Waals surface area (Å²) in [6, 6.07) is 40.7. The van der Waals surface area contributed by atoms with Crippen molar-refractivity contribution in [1.82, 2.24) is 8.61 Å². The minimum Gasteiger partial charge on any atom is -0.219 e. The molecule has 0 aliphatic rings. The van der Waals surface area contributed by atoms with Crippen molar-refractivity contribution in [3.63, 3.8) is 0 Å². The van der Waals surface area contributed by atoms with Gasteiger partial charge in [0, 0.05) is 23.9 Å². The average Bonchev–Trinajstić information content (AvgIpc) is 3.56. The Bertz CT molecular complexity index is 2220. The molecule has 0 N–H and O–H groups in total. The SMILES string of the molecule is Cc1ccc(S(=O)(=O)N(C#CC#Cc2ccc(C#CC#CN(Cc3ccccc3)S(=O)(=O)c3ccc(C)cc3)s2)Cc2ccccc2)cc1. The van der Waals surface area contributed by atoms with Gasteiger partial charge in [-0.1, -0.05) is 96.1 Å². The van der Waals surface area contributed by atoms with Gasteiger partial charge in [0.15, 0.2) is 0 Å². The Hall–Kier alpha value is -5.68. The van der Waals surface area contributed by atoms with Crippen LogP contribution in [0.3, 0.4) is 0 Å². The van der Waals surface area contributed by atoms with Crippen molar-refractivity contribution in [2.75, 3.05) is 0 Å². The molecule has 6 nitrogen and oxygen atoms in total. The molecule has 0 aliphatic heterocycles. The second kappa shape index (κ2) is 15.9. The van der Waals surface area contributed by atoms with E-state index in [9.17, 15) is 16.8 Å². The first-order valence-electron chi connectivity index (χ1n) is 15.0. The lowest BCUT2D eigenvalue weighted by Gasteiger charge is -2.18. The first-order chi connectivity index (χ1) is 23.6. The maximum Gasteiger partial charge on any atom is 0.271 e. The third kappa shape index (κ3) is 9.45. The molecular weight excluding hydrogens is 669 g/mol. The number of thiophene rings is 1. The van der Waals surface area contributed by atoms with Crippen LogP contribution in [0.25, 0.3) is 0 Å². The summed E-state index contributed by atoms with van der Waals surface area (Å²) in [5.41, 5.74) is 3.49. The average molecular weight is 699 g/mol. The van der Waals surface area contributed by atoms with Crippen molar-refractivity contribution >= 4 is 31.4 Å². The molecule has 0 spiro atoms. The molecule has 0 atom stereocenters. The zero-order valence-corrected chi connectivity index (χ0v) is 29.2. The highest BCUT2D eigenvalue weighted by Crippen LogP contribution is 2.20. The summed E-state index contributed by atoms with van der Waals surface area (Å²) in [6.45, 7) is 3.92. The zero-order valence-electron chi connectivity index (χ0n) is 26.7. The van der Waals surface area contributed by atoms with E-state index >= 15 is 0 Å². The van der Waals surface area contributed by atoms with Crippen LogP contribution in [0.2, 0.25) is 0 Å². The minimum atomic E-state index is -3.90. The van der Waals surface area contributed by atoms with Crippen LogP contribution in [0, 0.1) is 61.5 Å². The highest BCUT2D eigenvalue weighted by molar-refractivity contribution is 7.89. The number of aryl methyl sites for hydroxylation is 2. The van der Waals surface area contributed by atoms with Crippen LogP contribution in [-0.2, 0) is 33.1 Å². The van der Waals surface area contributed by atoms with E-state index in [-0.39, 0.29) is 22.9 Å². The number of rotatable bonds is 8. The number of benzene rings is 4. The minimum absolute atomic E-state index is 0.0700. The number of hydrogen-bond acceptors (Lipinski definition) is 5. The maximum absolute atomic E-state index is 13.4. The molecule has 5 aromatic rings. The molecule has 0 aliphatic carbocycles. The van der Waals surface area contributed by atoms with Crippen LogP contribution in [0.15, 0.2) is 131 Å². The van der Waals surface area contributed by atoms with Crippen LogP contribution in [0.5, 0.6) is 0 Å². The van der Waals surface area contributed by atoms with Crippen molar-refractivity contribution in [3.05, 3.63) is 153 Å². The Labute approximate surface area is 293 Å². The summed E-state index contributed by atoms with van der Waals surface area (Å²) >= 11 is 1.32. The van der Waals surface area contributed by atoms with E-state index in [4.69, 9.17) is 0 Å². The predicted octanol–water partition coefficient (Wildman–Crippen LogP) is 6.77. The van der Waals surface area contributed by atoms with Gasteiger partial charge < -0.3 is 0 Å². The Balaban J connectivity index is 1.33. The normalized spacial score (nSPS) is 10.5. The molecule has 0 bridgehead atoms. The molecule has 0 amide bonds. The van der Waals surface area contributed by atoms with Gasteiger partial charge in [-0.25, -0.2) is 25.4 Å². The number of nitrogens with zero attached hydrogens (tertiary/aromatic N) is 2. The monoisotopic (exact) mass is 698 g/mol. The van der Waals surface area contributed by atoms with Crippen LogP contribution in [-0.4, -0.2) is 25.4 Å². The second-order valence-corrected chi connectivity index (χ2v) is 15.6. The first-order valence-corrected chi connectivity index (χ1v) is 18.7. The Morgan fingerprint density at radius 1 is 0.490 bits per heavy atom. The van der Waals surface area contributed by atoms with Gasteiger partial charge in [-0.2, -0.15) is 0 Å². The summed E-state index contributed by atoms with van der Waals surface area (Å²) in [6.07, 6.45) is 0. The van der Waals surface area contributed by atoms with Crippen molar-refractivity contribution in [2.24, 2.45) is 0 Å². The summed E-state index contributed by atoms with van der Waals surface area (Å²) in [7, 11) is -7.80. The molecule has 5 rings (SSSR count). The van der Waals surface area contributed by atoms with E-state index in [1.54, 1.807) is 60.7 Å². The fourth-order valence-electron chi connectivity index (χ4n) is 4.38. The van der Waals surface area contributed by atoms with Crippen LogP contribution in [0.4, 0.5) is 0 Å². The van der Waals surface area contributed by atoms with Crippen molar-refractivity contribution < 1.29 is 16.8 Å². The summed E-state index contributed by atoms with van der Waals surface area (Å²) in [4.78, 5) is 1.65. The van der Waals surface area contributed by atoms with Gasteiger partial charge in [-0.15, -0.1) is 11.3 Å². The number of hydrogen-bond donors (Lipinski definition) is 0. The topological polar surface area (TPSA) is 74.8 Å². The van der Waals surface area contributed by atoms with Crippen LogP contribution < -0.4 is 0 Å². The quantitative estimate of drug-likeness (QED) is 0.133. The Kier molecular flexibility index (Phi) is 11.3. The van der Waals surface area contributed by atoms with E-state index < -0.39 is 20.0 Å². The van der Waals surface area contributed by atoms with Crippen molar-refractivity contribution in [1.29, 1.82) is 0 Å². The fourth-order valence-corrected chi connectivity index (χ4v) is 7.53. The van der Waals surface area contributed by atoms with Crippen molar-refractivity contribution in [3.8, 4) is 47.6 Å². The molecule has 4 aromatic carbocycles. The molecule has 0 fully saturated rings. The standard InChI is InChI=1S/C40H30N2O4S3/c1-33-19-25-39(26-20-33)48(43,44)41(31-35-13-5-3-6-14-35)29-11-9-17-37-23-24-38(47-37)18-10-12-30-42(32-36-15-7-4-8-16-36)49(45,46)40-27-21-34(2)22-28-40/h3-8,13-16,19-28H,31-32H2,1-2H3. The van der Waals surface area contributed by atoms with E-state index in [0.29, 0.717) is 9.75 Å². The Morgan fingerprint density at radius 3 is 1.22 bits per heavy atom. The molecule has 1 heterocycles. The lowest BCUT2D eigenvalue weighted by molar-refractivity contribution is 0.507. The summed E-state index contributed by atoms with van der Waals surface area (Å²) in [5, 5.41) is 0. The molecule has 49 heavy (non-hydrogen) atoms. The van der Waals surface area contributed by atoms with Gasteiger partial charge in [-0.05, 0) is 85.1 Å². The summed E-state index contributed by atoms with van der Waals surface area (Å²) in [5.74, 6) is 16.8. The first kappa shape index (κ1) is 34.6. The fraction of sp³-hybridized carbons (Fsp3) is 0.100. The zero-order chi connectivity index (χ0) is 34.7.